The third kappa shape index (κ3) is 4.39. The Kier molecular flexibility index (Phi) is 5.15. The molecule has 6 N–H and O–H groups in total. The molecule has 2 heterocycles. The number of carbonyl (C=O) groups excluding carboxylic acids is 1. The van der Waals surface area contributed by atoms with Gasteiger partial charge in [0.1, 0.15) is 17.6 Å². The van der Waals surface area contributed by atoms with Gasteiger partial charge in [-0.15, -0.1) is 0 Å². The van der Waals surface area contributed by atoms with Crippen LogP contribution in [0.15, 0.2) is 27.4 Å². The molecule has 2 rings (SSSR count). The van der Waals surface area contributed by atoms with Crippen molar-refractivity contribution < 1.29 is 24.9 Å². The highest BCUT2D eigenvalue weighted by atomic mass is 79.9. The van der Waals surface area contributed by atoms with Gasteiger partial charge in [0.15, 0.2) is 0 Å². The van der Waals surface area contributed by atoms with Gasteiger partial charge in [-0.05, 0) is 44.0 Å². The van der Waals surface area contributed by atoms with E-state index in [1.54, 1.807) is 6.07 Å². The molecule has 9 heteroatoms. The van der Waals surface area contributed by atoms with Crippen LogP contribution in [0.3, 0.4) is 0 Å². The summed E-state index contributed by atoms with van der Waals surface area (Å²) < 4.78 is 17.0. The summed E-state index contributed by atoms with van der Waals surface area (Å²) >= 11 is 6.51. The van der Waals surface area contributed by atoms with E-state index in [1.807, 2.05) is 0 Å². The number of halogens is 3. The molecule has 0 aromatic carbocycles. The van der Waals surface area contributed by atoms with Gasteiger partial charge in [-0.25, -0.2) is 9.97 Å². The van der Waals surface area contributed by atoms with Crippen molar-refractivity contribution in [3.05, 3.63) is 38.8 Å². The Morgan fingerprint density at radius 2 is 2.30 bits per heavy atom. The second-order valence-corrected chi connectivity index (χ2v) is 5.22. The van der Waals surface area contributed by atoms with E-state index >= 15 is 0 Å². The Morgan fingerprint density at radius 3 is 2.85 bits per heavy atom. The monoisotopic (exact) mass is 425 g/mol. The number of hydrogen-bond donors (Lipinski definition) is 4. The average Bonchev–Trinajstić information content (AvgIpc) is 3.02. The van der Waals surface area contributed by atoms with E-state index in [0.717, 1.165) is 4.47 Å². The fourth-order valence-corrected chi connectivity index (χ4v) is 1.98. The molecule has 6 nitrogen and oxygen atoms in total. The number of anilines is 1. The molecular formula is C11H12Br2ClN5O. The van der Waals surface area contributed by atoms with Crippen LogP contribution < -0.4 is 28.4 Å². The number of aromatic amines is 3. The van der Waals surface area contributed by atoms with Crippen LogP contribution in [0, 0.1) is 0 Å². The number of H-pyrrole nitrogens is 3. The first-order valence-electron chi connectivity index (χ1n) is 6.23. The molecule has 1 amide bonds. The molecule has 0 fully saturated rings. The van der Waals surface area contributed by atoms with E-state index in [2.05, 4.69) is 52.1 Å². The molecule has 0 aliphatic rings. The lowest BCUT2D eigenvalue weighted by atomic mass is 10.4. The van der Waals surface area contributed by atoms with Crippen molar-refractivity contribution in [3.8, 4) is 0 Å². The predicted octanol–water partition coefficient (Wildman–Crippen LogP) is -1.29. The molecule has 0 radical (unpaired) electrons. The minimum Gasteiger partial charge on any atom is -1.00 e. The number of amides is 1. The first-order chi connectivity index (χ1) is 9.88. The fraction of sp³-hybridized carbons (Fsp3) is 0.0909. The maximum atomic E-state index is 11.9. The molecule has 0 bridgehead atoms. The molecule has 2 aromatic rings. The SMILES string of the molecule is [2H]/C(CNC(=O)c1cc(Br)c(Br)[nH]1)=C(/[2H])c1c[nH+]c(N)[nH]1.[Cl-]. The number of nitrogens with two attached hydrogens (primary N) is 1. The molecular weight excluding hydrogens is 413 g/mol. The molecule has 20 heavy (non-hydrogen) atoms. The number of aromatic nitrogens is 3. The summed E-state index contributed by atoms with van der Waals surface area (Å²) in [5.41, 5.74) is 6.21. The lowest BCUT2D eigenvalue weighted by molar-refractivity contribution is -0.358. The molecule has 0 saturated carbocycles. The Hall–Kier alpha value is -1.25. The van der Waals surface area contributed by atoms with Gasteiger partial charge >= 0.3 is 5.95 Å². The second kappa shape index (κ2) is 7.51. The van der Waals surface area contributed by atoms with Crippen LogP contribution in [0.1, 0.15) is 18.9 Å². The van der Waals surface area contributed by atoms with E-state index in [9.17, 15) is 4.79 Å². The summed E-state index contributed by atoms with van der Waals surface area (Å²) in [7, 11) is 0. The first kappa shape index (κ1) is 13.7. The highest BCUT2D eigenvalue weighted by molar-refractivity contribution is 9.13. The van der Waals surface area contributed by atoms with Crippen LogP contribution in [-0.4, -0.2) is 22.4 Å². The van der Waals surface area contributed by atoms with E-state index in [-0.39, 0.29) is 37.0 Å². The van der Waals surface area contributed by atoms with Crippen molar-refractivity contribution >= 4 is 49.8 Å². The van der Waals surface area contributed by atoms with Gasteiger partial charge in [0.05, 0.1) is 11.8 Å². The van der Waals surface area contributed by atoms with Crippen molar-refractivity contribution in [2.75, 3.05) is 12.3 Å². The first-order valence-corrected chi connectivity index (χ1v) is 6.82. The van der Waals surface area contributed by atoms with Crippen molar-refractivity contribution in [1.82, 2.24) is 15.3 Å². The molecule has 0 unspecified atom stereocenters. The van der Waals surface area contributed by atoms with Gasteiger partial charge in [0.2, 0.25) is 0 Å². The zero-order valence-electron chi connectivity index (χ0n) is 12.0. The van der Waals surface area contributed by atoms with E-state index in [0.29, 0.717) is 21.9 Å². The zero-order valence-corrected chi connectivity index (χ0v) is 13.9. The van der Waals surface area contributed by atoms with Gasteiger partial charge in [-0.2, -0.15) is 0 Å². The third-order valence-corrected chi connectivity index (χ3v) is 3.95. The topological polar surface area (TPSA) is 101 Å². The number of nitrogens with one attached hydrogen (secondary N) is 4. The maximum absolute atomic E-state index is 11.9. The summed E-state index contributed by atoms with van der Waals surface area (Å²) in [4.78, 5) is 20.1. The van der Waals surface area contributed by atoms with Crippen molar-refractivity contribution in [2.45, 2.75) is 0 Å². The van der Waals surface area contributed by atoms with Crippen LogP contribution in [0.4, 0.5) is 5.95 Å². The Bertz CT molecular complexity index is 696. The Balaban J connectivity index is 0.00000242. The number of carbonyl (C=O) groups is 1. The number of nitrogen functional groups attached to an aromatic ring is 1. The van der Waals surface area contributed by atoms with Crippen molar-refractivity contribution in [2.24, 2.45) is 0 Å². The van der Waals surface area contributed by atoms with Crippen LogP contribution in [0.5, 0.6) is 0 Å². The van der Waals surface area contributed by atoms with Crippen LogP contribution in [-0.2, 0) is 0 Å². The Morgan fingerprint density at radius 1 is 1.55 bits per heavy atom. The highest BCUT2D eigenvalue weighted by Gasteiger charge is 2.09. The molecule has 108 valence electrons. The molecule has 0 saturated heterocycles. The molecule has 0 aliphatic heterocycles. The predicted molar refractivity (Wildman–Crippen MR) is 79.3 cm³/mol. The smallest absolute Gasteiger partial charge is 0.350 e. The molecule has 2 aromatic heterocycles. The van der Waals surface area contributed by atoms with Crippen molar-refractivity contribution in [1.29, 1.82) is 0 Å². The van der Waals surface area contributed by atoms with Crippen molar-refractivity contribution in [3.63, 3.8) is 0 Å². The standard InChI is InChI=1S/C11H11Br2N5O.ClH/c12-7-4-8(18-9(7)13)10(19)15-3-1-2-6-5-16-11(14)17-6;/h1-2,4-5,18H,3H2,(H,15,19)(H3,14,16,17);1H/b2-1+;/i1D,2D;. The van der Waals surface area contributed by atoms with E-state index in [1.165, 1.54) is 6.20 Å². The van der Waals surface area contributed by atoms with Crippen LogP contribution >= 0.6 is 31.9 Å². The molecule has 0 atom stereocenters. The minimum atomic E-state index is -0.364. The zero-order chi connectivity index (χ0) is 15.6. The van der Waals surface area contributed by atoms with Gasteiger partial charge in [-0.1, -0.05) is 6.05 Å². The normalized spacial score (nSPS) is 12.9. The van der Waals surface area contributed by atoms with Gasteiger partial charge in [0.25, 0.3) is 5.91 Å². The maximum Gasteiger partial charge on any atom is 0.350 e. The summed E-state index contributed by atoms with van der Waals surface area (Å²) in [6.07, 6.45) is 1.49. The summed E-state index contributed by atoms with van der Waals surface area (Å²) in [6.45, 7) is -0.0646. The quantitative estimate of drug-likeness (QED) is 0.488. The average molecular weight is 428 g/mol. The summed E-state index contributed by atoms with van der Waals surface area (Å²) in [6, 6.07) is 1.54. The largest absolute Gasteiger partial charge is 1.00 e. The third-order valence-electron chi connectivity index (χ3n) is 2.17. The lowest BCUT2D eigenvalue weighted by Gasteiger charge is -1.98. The van der Waals surface area contributed by atoms with E-state index in [4.69, 9.17) is 8.48 Å². The second-order valence-electron chi connectivity index (χ2n) is 3.57. The summed E-state index contributed by atoms with van der Waals surface area (Å²) in [5.74, 6) is -0.0656. The molecule has 0 spiro atoms. The number of hydrogen-bond acceptors (Lipinski definition) is 2. The number of imidazole rings is 1. The van der Waals surface area contributed by atoms with Gasteiger partial charge in [0, 0.05) is 6.54 Å². The molecule has 0 aliphatic carbocycles. The van der Waals surface area contributed by atoms with E-state index < -0.39 is 0 Å². The Labute approximate surface area is 141 Å². The summed E-state index contributed by atoms with van der Waals surface area (Å²) in [5, 5.41) is 2.56. The van der Waals surface area contributed by atoms with Crippen LogP contribution in [0.2, 0.25) is 0 Å². The number of rotatable bonds is 4. The highest BCUT2D eigenvalue weighted by Crippen LogP contribution is 2.22. The minimum absolute atomic E-state index is 0. The lowest BCUT2D eigenvalue weighted by Crippen LogP contribution is -3.00. The fourth-order valence-electron chi connectivity index (χ4n) is 1.32. The van der Waals surface area contributed by atoms with Gasteiger partial charge in [-0.3, -0.25) is 10.5 Å². The van der Waals surface area contributed by atoms with Gasteiger partial charge < -0.3 is 22.7 Å². The van der Waals surface area contributed by atoms with Crippen LogP contribution in [0.25, 0.3) is 6.05 Å².